The van der Waals surface area contributed by atoms with Crippen molar-refractivity contribution in [2.75, 3.05) is 0 Å². The molecule has 0 spiro atoms. The third kappa shape index (κ3) is 4.43. The highest BCUT2D eigenvalue weighted by molar-refractivity contribution is 6.59. The first-order valence-electron chi connectivity index (χ1n) is 6.82. The monoisotopic (exact) mass is 287 g/mol. The minimum atomic E-state index is -1.77. The Balaban J connectivity index is 2.29. The highest BCUT2D eigenvalue weighted by Crippen LogP contribution is 2.39. The predicted molar refractivity (Wildman–Crippen MR) is 97.1 cm³/mol. The lowest BCUT2D eigenvalue weighted by Crippen LogP contribution is -2.66. The van der Waals surface area contributed by atoms with Crippen LogP contribution in [0.25, 0.3) is 0 Å². The van der Waals surface area contributed by atoms with Crippen LogP contribution in [0.5, 0.6) is 11.5 Å². The van der Waals surface area contributed by atoms with Gasteiger partial charge in [0, 0.05) is 0 Å². The molecule has 0 bridgehead atoms. The molecule has 3 nitrogen and oxygen atoms in total. The smallest absolute Gasteiger partial charge is 0.175 e. The molecule has 0 saturated carbocycles. The zero-order valence-corrected chi connectivity index (χ0v) is 12.9. The molecule has 1 atom stereocenters. The van der Waals surface area contributed by atoms with Gasteiger partial charge < -0.3 is 14.8 Å². The lowest BCUT2D eigenvalue weighted by Gasteiger charge is -2.50. The number of rotatable bonds is 5. The molecule has 98 valence electrons. The molecule has 0 fully saturated rings. The van der Waals surface area contributed by atoms with Gasteiger partial charge in [-0.25, -0.2) is 0 Å². The summed E-state index contributed by atoms with van der Waals surface area (Å²) < 4.78 is 10.5. The summed E-state index contributed by atoms with van der Waals surface area (Å²) in [5.41, 5.74) is -2.43. The Morgan fingerprint density at radius 3 is 2.09 bits per heavy atom. The average molecular weight is 286 g/mol. The molecule has 11 heteroatoms. The van der Waals surface area contributed by atoms with Gasteiger partial charge in [0.05, 0.1) is 47.1 Å². The largest absolute Gasteiger partial charge is 0.468 e. The van der Waals surface area contributed by atoms with Crippen molar-refractivity contribution in [1.29, 1.82) is 0 Å². The highest BCUT2D eigenvalue weighted by Gasteiger charge is 2.38. The van der Waals surface area contributed by atoms with Gasteiger partial charge in [-0.3, -0.25) is 0 Å². The molecule has 1 unspecified atom stereocenters. The van der Waals surface area contributed by atoms with E-state index in [4.69, 9.17) is 72.2 Å². The number of benzene rings is 1. The number of nitrogens with one attached hydrogen (secondary N) is 1. The number of hydrogen-bond acceptors (Lipinski definition) is 3. The van der Waals surface area contributed by atoms with Crippen LogP contribution in [-0.4, -0.2) is 79.0 Å². The molecule has 1 aromatic carbocycles. The summed E-state index contributed by atoms with van der Waals surface area (Å²) in [6, 6.07) is 5.01. The first-order valence-corrected chi connectivity index (χ1v) is 6.82. The summed E-state index contributed by atoms with van der Waals surface area (Å²) in [4.78, 5) is 0. The molecule has 0 aliphatic carbocycles. The second-order valence-electron chi connectivity index (χ2n) is 6.20. The van der Waals surface area contributed by atoms with Crippen LogP contribution in [0.15, 0.2) is 18.2 Å². The van der Waals surface area contributed by atoms with Gasteiger partial charge in [-0.15, -0.1) is 0 Å². The van der Waals surface area contributed by atoms with E-state index in [-0.39, 0.29) is 6.42 Å². The van der Waals surface area contributed by atoms with Gasteiger partial charge in [0.25, 0.3) is 0 Å². The van der Waals surface area contributed by atoms with Gasteiger partial charge in [0.15, 0.2) is 32.8 Å². The topological polar surface area (TPSA) is 30.5 Å². The lowest BCUT2D eigenvalue weighted by molar-refractivity contribution is 0.0833. The summed E-state index contributed by atoms with van der Waals surface area (Å²) in [5, 5.41) is -0.515. The van der Waals surface area contributed by atoms with Crippen molar-refractivity contribution in [2.24, 2.45) is 0 Å². The molecule has 1 aliphatic heterocycles. The van der Waals surface area contributed by atoms with Crippen molar-refractivity contribution in [3.8, 4) is 11.5 Å². The van der Waals surface area contributed by atoms with Crippen molar-refractivity contribution in [3.05, 3.63) is 23.8 Å². The minimum Gasteiger partial charge on any atom is -0.468 e. The summed E-state index contributed by atoms with van der Waals surface area (Å²) in [6.07, 6.45) is 0.142. The lowest BCUT2D eigenvalue weighted by atomic mass is 9.37. The summed E-state index contributed by atoms with van der Waals surface area (Å²) in [6.45, 7) is 1.52. The van der Waals surface area contributed by atoms with Gasteiger partial charge >= 0.3 is 0 Å². The fourth-order valence-corrected chi connectivity index (χ4v) is 2.27. The van der Waals surface area contributed by atoms with Gasteiger partial charge in [0.1, 0.15) is 0 Å². The Morgan fingerprint density at radius 1 is 1.00 bits per heavy atom. The predicted octanol–water partition coefficient (Wildman–Crippen LogP) is -2.01. The highest BCUT2D eigenvalue weighted by atomic mass is 16.7. The molecule has 1 N–H and O–H groups in total. The Morgan fingerprint density at radius 2 is 1.57 bits per heavy atom. The number of ether oxygens (including phenoxy) is 2. The fourth-order valence-electron chi connectivity index (χ4n) is 2.27. The van der Waals surface area contributed by atoms with Crippen LogP contribution < -0.4 is 14.8 Å². The molecular formula is C12H9B8NO2. The molecular weight excluding hydrogens is 277 g/mol. The van der Waals surface area contributed by atoms with Crippen molar-refractivity contribution < 1.29 is 9.47 Å². The fraction of sp³-hybridized carbons (Fsp3) is 0.500. The van der Waals surface area contributed by atoms with Crippen LogP contribution in [0.3, 0.4) is 0 Å². The van der Waals surface area contributed by atoms with E-state index in [2.05, 4.69) is 5.32 Å². The standard InChI is InChI=1S/C12H9B8NO2/c1-9(13,14)10(15,21-11(16,17)18)5-6-2-3-7-8(4-6)23-12(19,20)22-7/h2-4,21H,5H2,1H3. The SMILES string of the molecule is [B]C([B])([B])NC([B])(Cc1ccc2c(c1)OC([B])([B])O2)C([B])([B])C. The first-order chi connectivity index (χ1) is 10.2. The molecule has 2 rings (SSSR count). The Kier molecular flexibility index (Phi) is 4.60. The summed E-state index contributed by atoms with van der Waals surface area (Å²) in [5.74, 6) is 0.772. The van der Waals surface area contributed by atoms with E-state index in [1.165, 1.54) is 6.92 Å². The van der Waals surface area contributed by atoms with Gasteiger partial charge in [-0.2, -0.15) is 0 Å². The van der Waals surface area contributed by atoms with Crippen LogP contribution in [0.4, 0.5) is 0 Å². The maximum Gasteiger partial charge on any atom is 0.175 e. The van der Waals surface area contributed by atoms with Crippen LogP contribution in [0, 0.1) is 0 Å². The zero-order valence-electron chi connectivity index (χ0n) is 12.9. The van der Waals surface area contributed by atoms with Gasteiger partial charge in [-0.05, 0) is 29.6 Å². The van der Waals surface area contributed by atoms with E-state index in [9.17, 15) is 0 Å². The van der Waals surface area contributed by atoms with Crippen LogP contribution in [0.1, 0.15) is 12.5 Å². The van der Waals surface area contributed by atoms with Crippen molar-refractivity contribution in [2.45, 2.75) is 34.8 Å². The molecule has 1 heterocycles. The van der Waals surface area contributed by atoms with Crippen LogP contribution >= 0.6 is 0 Å². The van der Waals surface area contributed by atoms with Crippen molar-refractivity contribution in [1.82, 2.24) is 5.32 Å². The number of fused-ring (bicyclic) bond motifs is 1. The van der Waals surface area contributed by atoms with E-state index in [0.29, 0.717) is 17.1 Å². The van der Waals surface area contributed by atoms with E-state index in [1.807, 2.05) is 0 Å². The molecule has 0 aromatic heterocycles. The minimum absolute atomic E-state index is 0.142. The Hall–Kier alpha value is -0.701. The zero-order chi connectivity index (χ0) is 17.7. The molecule has 23 heavy (non-hydrogen) atoms. The molecule has 0 amide bonds. The quantitative estimate of drug-likeness (QED) is 0.635. The molecule has 16 radical (unpaired) electrons. The Labute approximate surface area is 148 Å². The van der Waals surface area contributed by atoms with E-state index >= 15 is 0 Å². The van der Waals surface area contributed by atoms with Gasteiger partial charge in [0.2, 0.25) is 0 Å². The molecule has 0 saturated heterocycles. The van der Waals surface area contributed by atoms with Crippen LogP contribution in [0.2, 0.25) is 5.21 Å². The van der Waals surface area contributed by atoms with E-state index in [0.717, 1.165) is 0 Å². The first kappa shape index (κ1) is 18.6. The van der Waals surface area contributed by atoms with Crippen molar-refractivity contribution in [3.63, 3.8) is 0 Å². The second-order valence-corrected chi connectivity index (χ2v) is 6.20. The average Bonchev–Trinajstić information content (AvgIpc) is 2.58. The van der Waals surface area contributed by atoms with Crippen molar-refractivity contribution >= 4 is 62.8 Å². The summed E-state index contributed by atoms with van der Waals surface area (Å²) >= 11 is 0. The number of hydrogen-bond donors (Lipinski definition) is 1. The van der Waals surface area contributed by atoms with Gasteiger partial charge in [-0.1, -0.05) is 23.4 Å². The molecule has 1 aromatic rings. The Bertz CT molecular complexity index is 598. The maximum absolute atomic E-state index is 6.27. The normalized spacial score (nSPS) is 19.2. The molecule has 1 aliphatic rings. The van der Waals surface area contributed by atoms with E-state index < -0.39 is 21.5 Å². The summed E-state index contributed by atoms with van der Waals surface area (Å²) in [7, 11) is 46.0. The second kappa shape index (κ2) is 5.68. The van der Waals surface area contributed by atoms with E-state index in [1.54, 1.807) is 18.2 Å². The third-order valence-corrected chi connectivity index (χ3v) is 3.43. The third-order valence-electron chi connectivity index (χ3n) is 3.43. The maximum atomic E-state index is 6.27. The van der Waals surface area contributed by atoms with Crippen LogP contribution in [-0.2, 0) is 6.42 Å².